The molecule has 3 aromatic rings. The van der Waals surface area contributed by atoms with E-state index in [1.54, 1.807) is 11.3 Å². The molecule has 1 fully saturated rings. The molecule has 1 saturated heterocycles. The number of carbonyl (C=O) groups excluding carboxylic acids is 1. The zero-order valence-electron chi connectivity index (χ0n) is 13.0. The minimum absolute atomic E-state index is 0.176. The fourth-order valence-electron chi connectivity index (χ4n) is 3.32. The van der Waals surface area contributed by atoms with E-state index in [4.69, 9.17) is 0 Å². The highest BCUT2D eigenvalue weighted by molar-refractivity contribution is 7.17. The Morgan fingerprint density at radius 3 is 2.52 bits per heavy atom. The number of amides is 1. The summed E-state index contributed by atoms with van der Waals surface area (Å²) in [5.74, 6) is 0.176. The van der Waals surface area contributed by atoms with Gasteiger partial charge in [0.2, 0.25) is 0 Å². The Balaban J connectivity index is 1.80. The third-order valence-electron chi connectivity index (χ3n) is 4.53. The predicted molar refractivity (Wildman–Crippen MR) is 97.0 cm³/mol. The maximum absolute atomic E-state index is 12.9. The van der Waals surface area contributed by atoms with Gasteiger partial charge in [0.15, 0.2) is 0 Å². The van der Waals surface area contributed by atoms with Crippen LogP contribution in [0.2, 0.25) is 0 Å². The van der Waals surface area contributed by atoms with E-state index in [0.717, 1.165) is 36.9 Å². The van der Waals surface area contributed by atoms with Crippen LogP contribution in [0.5, 0.6) is 0 Å². The number of hydrogen-bond acceptors (Lipinski definition) is 2. The smallest absolute Gasteiger partial charge is 0.253 e. The van der Waals surface area contributed by atoms with Crippen LogP contribution in [0.4, 0.5) is 0 Å². The molecule has 2 heterocycles. The molecule has 4 rings (SSSR count). The van der Waals surface area contributed by atoms with E-state index in [2.05, 4.69) is 35.7 Å². The topological polar surface area (TPSA) is 20.3 Å². The van der Waals surface area contributed by atoms with Gasteiger partial charge in [-0.25, -0.2) is 0 Å². The fourth-order valence-corrected chi connectivity index (χ4v) is 4.23. The SMILES string of the molecule is O=C(c1cc(-c2ccccc2)c2sccc2c1)N1CCCCC1. The molecule has 1 aliphatic rings. The molecule has 1 amide bonds. The highest BCUT2D eigenvalue weighted by Gasteiger charge is 2.20. The van der Waals surface area contributed by atoms with Crippen molar-refractivity contribution in [1.29, 1.82) is 0 Å². The van der Waals surface area contributed by atoms with Crippen LogP contribution in [0.25, 0.3) is 21.2 Å². The van der Waals surface area contributed by atoms with Gasteiger partial charge in [-0.1, -0.05) is 30.3 Å². The van der Waals surface area contributed by atoms with E-state index < -0.39 is 0 Å². The first kappa shape index (κ1) is 14.5. The first-order chi connectivity index (χ1) is 11.3. The minimum atomic E-state index is 0.176. The second-order valence-corrected chi connectivity index (χ2v) is 7.00. The number of thiophene rings is 1. The van der Waals surface area contributed by atoms with E-state index in [0.29, 0.717) is 0 Å². The third kappa shape index (κ3) is 2.77. The molecule has 3 heteroatoms. The molecule has 2 nitrogen and oxygen atoms in total. The minimum Gasteiger partial charge on any atom is -0.339 e. The van der Waals surface area contributed by atoms with Gasteiger partial charge >= 0.3 is 0 Å². The Hall–Kier alpha value is -2.13. The number of fused-ring (bicyclic) bond motifs is 1. The molecule has 0 bridgehead atoms. The Morgan fingerprint density at radius 2 is 1.74 bits per heavy atom. The van der Waals surface area contributed by atoms with Gasteiger partial charge in [0.25, 0.3) is 5.91 Å². The molecule has 0 spiro atoms. The lowest BCUT2D eigenvalue weighted by atomic mass is 10.00. The van der Waals surface area contributed by atoms with Crippen LogP contribution in [-0.4, -0.2) is 23.9 Å². The van der Waals surface area contributed by atoms with E-state index in [1.807, 2.05) is 23.1 Å². The van der Waals surface area contributed by atoms with Gasteiger partial charge in [-0.05, 0) is 53.8 Å². The van der Waals surface area contributed by atoms with Gasteiger partial charge in [-0.3, -0.25) is 4.79 Å². The van der Waals surface area contributed by atoms with Crippen molar-refractivity contribution in [1.82, 2.24) is 4.90 Å². The van der Waals surface area contributed by atoms with Gasteiger partial charge in [0.05, 0.1) is 0 Å². The Morgan fingerprint density at radius 1 is 0.957 bits per heavy atom. The van der Waals surface area contributed by atoms with Crippen LogP contribution in [-0.2, 0) is 0 Å². The van der Waals surface area contributed by atoms with Gasteiger partial charge < -0.3 is 4.90 Å². The highest BCUT2D eigenvalue weighted by Crippen LogP contribution is 2.34. The summed E-state index contributed by atoms with van der Waals surface area (Å²) in [6, 6.07) is 16.6. The molecule has 0 radical (unpaired) electrons. The maximum Gasteiger partial charge on any atom is 0.253 e. The molecule has 116 valence electrons. The standard InChI is InChI=1S/C20H19NOS/c22-20(21-10-5-2-6-11-21)17-13-16-9-12-23-19(16)18(14-17)15-7-3-1-4-8-15/h1,3-4,7-9,12-14H,2,5-6,10-11H2. The summed E-state index contributed by atoms with van der Waals surface area (Å²) in [6.07, 6.45) is 3.48. The van der Waals surface area contributed by atoms with Crippen LogP contribution in [0, 0.1) is 0 Å². The highest BCUT2D eigenvalue weighted by atomic mass is 32.1. The Labute approximate surface area is 140 Å². The van der Waals surface area contributed by atoms with Crippen LogP contribution >= 0.6 is 11.3 Å². The van der Waals surface area contributed by atoms with Crippen molar-refractivity contribution in [2.24, 2.45) is 0 Å². The molecule has 23 heavy (non-hydrogen) atoms. The van der Waals surface area contributed by atoms with Crippen LogP contribution in [0.1, 0.15) is 29.6 Å². The molecule has 2 aromatic carbocycles. The van der Waals surface area contributed by atoms with Crippen LogP contribution < -0.4 is 0 Å². The van der Waals surface area contributed by atoms with Crippen molar-refractivity contribution in [2.45, 2.75) is 19.3 Å². The maximum atomic E-state index is 12.9. The second-order valence-electron chi connectivity index (χ2n) is 6.08. The van der Waals surface area contributed by atoms with E-state index >= 15 is 0 Å². The van der Waals surface area contributed by atoms with Crippen LogP contribution in [0.3, 0.4) is 0 Å². The number of likely N-dealkylation sites (tertiary alicyclic amines) is 1. The zero-order chi connectivity index (χ0) is 15.6. The number of benzene rings is 2. The van der Waals surface area contributed by atoms with Crippen molar-refractivity contribution < 1.29 is 4.79 Å². The summed E-state index contributed by atoms with van der Waals surface area (Å²) in [7, 11) is 0. The average molecular weight is 321 g/mol. The van der Waals surface area contributed by atoms with E-state index in [1.165, 1.54) is 22.2 Å². The normalized spacial score (nSPS) is 15.0. The third-order valence-corrected chi connectivity index (χ3v) is 5.49. The lowest BCUT2D eigenvalue weighted by Gasteiger charge is -2.27. The molecule has 0 saturated carbocycles. The first-order valence-electron chi connectivity index (χ1n) is 8.19. The molecular weight excluding hydrogens is 302 g/mol. The second kappa shape index (κ2) is 6.17. The number of nitrogens with zero attached hydrogens (tertiary/aromatic N) is 1. The molecule has 0 unspecified atom stereocenters. The van der Waals surface area contributed by atoms with Gasteiger partial charge in [-0.2, -0.15) is 0 Å². The van der Waals surface area contributed by atoms with Gasteiger partial charge in [-0.15, -0.1) is 11.3 Å². The summed E-state index contributed by atoms with van der Waals surface area (Å²) in [5.41, 5.74) is 3.16. The molecule has 0 aliphatic carbocycles. The summed E-state index contributed by atoms with van der Waals surface area (Å²) in [4.78, 5) is 14.9. The summed E-state index contributed by atoms with van der Waals surface area (Å²) >= 11 is 1.74. The van der Waals surface area contributed by atoms with Crippen molar-refractivity contribution in [2.75, 3.05) is 13.1 Å². The van der Waals surface area contributed by atoms with Crippen LogP contribution in [0.15, 0.2) is 53.9 Å². The molecule has 1 aromatic heterocycles. The molecular formula is C20H19NOS. The number of rotatable bonds is 2. The summed E-state index contributed by atoms with van der Waals surface area (Å²) < 4.78 is 1.26. The Bertz CT molecular complexity index is 831. The zero-order valence-corrected chi connectivity index (χ0v) is 13.8. The van der Waals surface area contributed by atoms with E-state index in [-0.39, 0.29) is 5.91 Å². The van der Waals surface area contributed by atoms with Crippen molar-refractivity contribution in [3.8, 4) is 11.1 Å². The Kier molecular flexibility index (Phi) is 3.88. The predicted octanol–water partition coefficient (Wildman–Crippen LogP) is 5.19. The quantitative estimate of drug-likeness (QED) is 0.635. The van der Waals surface area contributed by atoms with Gasteiger partial charge in [0, 0.05) is 28.9 Å². The van der Waals surface area contributed by atoms with Crippen molar-refractivity contribution >= 4 is 27.3 Å². The number of piperidine rings is 1. The fraction of sp³-hybridized carbons (Fsp3) is 0.250. The molecule has 1 aliphatic heterocycles. The molecule has 0 atom stereocenters. The van der Waals surface area contributed by atoms with E-state index in [9.17, 15) is 4.79 Å². The van der Waals surface area contributed by atoms with Gasteiger partial charge in [0.1, 0.15) is 0 Å². The molecule has 0 N–H and O–H groups in total. The lowest BCUT2D eigenvalue weighted by molar-refractivity contribution is 0.0724. The van der Waals surface area contributed by atoms with Crippen molar-refractivity contribution in [3.63, 3.8) is 0 Å². The largest absolute Gasteiger partial charge is 0.339 e. The van der Waals surface area contributed by atoms with Crippen molar-refractivity contribution in [3.05, 3.63) is 59.5 Å². The summed E-state index contributed by atoms with van der Waals surface area (Å²) in [6.45, 7) is 1.78. The lowest BCUT2D eigenvalue weighted by Crippen LogP contribution is -2.35. The average Bonchev–Trinajstić information content (AvgIpc) is 3.10. The monoisotopic (exact) mass is 321 g/mol. The summed E-state index contributed by atoms with van der Waals surface area (Å²) in [5, 5.41) is 3.27. The number of carbonyl (C=O) groups is 1. The number of hydrogen-bond donors (Lipinski definition) is 0. The first-order valence-corrected chi connectivity index (χ1v) is 9.07.